The molecule has 1 N–H and O–H groups in total. The molecule has 0 radical (unpaired) electrons. The molecule has 1 saturated heterocycles. The first-order chi connectivity index (χ1) is 8.60. The Hall–Kier alpha value is -0.390. The van der Waals surface area contributed by atoms with Crippen LogP contribution in [0.4, 0.5) is 0 Å². The summed E-state index contributed by atoms with van der Waals surface area (Å²) in [7, 11) is 0. The van der Waals surface area contributed by atoms with Gasteiger partial charge >= 0.3 is 0 Å². The molecular weight excluding hydrogens is 312 g/mol. The van der Waals surface area contributed by atoms with E-state index in [9.17, 15) is 4.79 Å². The summed E-state index contributed by atoms with van der Waals surface area (Å²) in [6, 6.07) is 1.94. The molecule has 1 fully saturated rings. The summed E-state index contributed by atoms with van der Waals surface area (Å²) >= 11 is 4.95. The van der Waals surface area contributed by atoms with Crippen LogP contribution in [0.25, 0.3) is 0 Å². The summed E-state index contributed by atoms with van der Waals surface area (Å²) in [5.41, 5.74) is 1.13. The predicted molar refractivity (Wildman–Crippen MR) is 79.3 cm³/mol. The fraction of sp³-hybridized carbons (Fsp3) is 0.615. The van der Waals surface area contributed by atoms with E-state index in [1.165, 1.54) is 24.3 Å². The van der Waals surface area contributed by atoms with Gasteiger partial charge in [0, 0.05) is 13.1 Å². The van der Waals surface area contributed by atoms with Gasteiger partial charge in [0.15, 0.2) is 0 Å². The van der Waals surface area contributed by atoms with Gasteiger partial charge in [0.1, 0.15) is 0 Å². The SMILES string of the molecule is CCN1CCC(CNC(=O)c2cc(C)c(Br)s2)C1. The highest BCUT2D eigenvalue weighted by molar-refractivity contribution is 9.11. The molecule has 0 bridgehead atoms. The number of thiophene rings is 1. The highest BCUT2D eigenvalue weighted by Crippen LogP contribution is 2.27. The highest BCUT2D eigenvalue weighted by atomic mass is 79.9. The van der Waals surface area contributed by atoms with Crippen LogP contribution in [0, 0.1) is 12.8 Å². The van der Waals surface area contributed by atoms with Gasteiger partial charge in [-0.1, -0.05) is 6.92 Å². The summed E-state index contributed by atoms with van der Waals surface area (Å²) in [5.74, 6) is 0.669. The Bertz CT molecular complexity index is 413. The van der Waals surface area contributed by atoms with Gasteiger partial charge in [-0.3, -0.25) is 4.79 Å². The van der Waals surface area contributed by atoms with Crippen LogP contribution in [0.5, 0.6) is 0 Å². The molecule has 1 amide bonds. The van der Waals surface area contributed by atoms with Crippen LogP contribution >= 0.6 is 27.3 Å². The Balaban J connectivity index is 1.82. The number of amides is 1. The van der Waals surface area contributed by atoms with Crippen LogP contribution in [0.3, 0.4) is 0 Å². The maximum Gasteiger partial charge on any atom is 0.261 e. The summed E-state index contributed by atoms with van der Waals surface area (Å²) in [6.07, 6.45) is 1.20. The van der Waals surface area contributed by atoms with Gasteiger partial charge in [-0.05, 0) is 59.9 Å². The number of carbonyl (C=O) groups is 1. The number of rotatable bonds is 4. The lowest BCUT2D eigenvalue weighted by Gasteiger charge is -2.13. The van der Waals surface area contributed by atoms with E-state index in [0.29, 0.717) is 5.92 Å². The Kier molecular flexibility index (Phi) is 4.81. The molecule has 1 aliphatic rings. The van der Waals surface area contributed by atoms with Gasteiger partial charge in [0.2, 0.25) is 0 Å². The van der Waals surface area contributed by atoms with E-state index in [0.717, 1.165) is 33.9 Å². The van der Waals surface area contributed by atoms with Crippen molar-refractivity contribution in [3.8, 4) is 0 Å². The van der Waals surface area contributed by atoms with Crippen LogP contribution in [0.2, 0.25) is 0 Å². The summed E-state index contributed by atoms with van der Waals surface area (Å²) in [4.78, 5) is 15.2. The molecular formula is C13H19BrN2OS. The number of likely N-dealkylation sites (tertiary alicyclic amines) is 1. The van der Waals surface area contributed by atoms with Gasteiger partial charge in [-0.25, -0.2) is 0 Å². The topological polar surface area (TPSA) is 32.3 Å². The Morgan fingerprint density at radius 3 is 3.00 bits per heavy atom. The Morgan fingerprint density at radius 1 is 1.67 bits per heavy atom. The molecule has 0 aromatic carbocycles. The summed E-state index contributed by atoms with van der Waals surface area (Å²) in [6.45, 7) is 8.39. The summed E-state index contributed by atoms with van der Waals surface area (Å²) in [5, 5.41) is 3.05. The first-order valence-electron chi connectivity index (χ1n) is 6.36. The van der Waals surface area contributed by atoms with E-state index in [1.54, 1.807) is 0 Å². The first kappa shape index (κ1) is 14.0. The minimum absolute atomic E-state index is 0.0590. The monoisotopic (exact) mass is 330 g/mol. The zero-order valence-electron chi connectivity index (χ0n) is 10.8. The van der Waals surface area contributed by atoms with Gasteiger partial charge in [0.25, 0.3) is 5.91 Å². The van der Waals surface area contributed by atoms with Crippen LogP contribution in [-0.2, 0) is 0 Å². The van der Waals surface area contributed by atoms with E-state index >= 15 is 0 Å². The number of halogens is 1. The van der Waals surface area contributed by atoms with E-state index in [-0.39, 0.29) is 5.91 Å². The number of hydrogen-bond donors (Lipinski definition) is 1. The molecule has 1 unspecified atom stereocenters. The fourth-order valence-electron chi connectivity index (χ4n) is 2.26. The lowest BCUT2D eigenvalue weighted by molar-refractivity contribution is 0.0951. The standard InChI is InChI=1S/C13H19BrN2OS/c1-3-16-5-4-10(8-16)7-15-13(17)11-6-9(2)12(14)18-11/h6,10H,3-5,7-8H2,1-2H3,(H,15,17). The lowest BCUT2D eigenvalue weighted by Crippen LogP contribution is -2.30. The third kappa shape index (κ3) is 3.33. The fourth-order valence-corrected chi connectivity index (χ4v) is 3.71. The smallest absolute Gasteiger partial charge is 0.261 e. The number of nitrogens with one attached hydrogen (secondary N) is 1. The van der Waals surface area contributed by atoms with E-state index in [2.05, 4.69) is 33.1 Å². The average Bonchev–Trinajstić information content (AvgIpc) is 2.94. The molecule has 3 nitrogen and oxygen atoms in total. The molecule has 0 saturated carbocycles. The number of nitrogens with zero attached hydrogens (tertiary/aromatic N) is 1. The molecule has 0 spiro atoms. The van der Waals surface area contributed by atoms with Crippen molar-refractivity contribution in [1.29, 1.82) is 0 Å². The number of carbonyl (C=O) groups excluding carboxylic acids is 1. The van der Waals surface area contributed by atoms with E-state index in [1.807, 2.05) is 13.0 Å². The zero-order chi connectivity index (χ0) is 13.1. The Morgan fingerprint density at radius 2 is 2.44 bits per heavy atom. The van der Waals surface area contributed by atoms with Crippen LogP contribution in [-0.4, -0.2) is 37.0 Å². The average molecular weight is 331 g/mol. The maximum absolute atomic E-state index is 12.0. The third-order valence-electron chi connectivity index (χ3n) is 3.45. The van der Waals surface area contributed by atoms with E-state index < -0.39 is 0 Å². The van der Waals surface area contributed by atoms with Crippen molar-refractivity contribution < 1.29 is 4.79 Å². The van der Waals surface area contributed by atoms with Crippen molar-refractivity contribution in [2.45, 2.75) is 20.3 Å². The quantitative estimate of drug-likeness (QED) is 0.920. The number of hydrogen-bond acceptors (Lipinski definition) is 3. The molecule has 18 heavy (non-hydrogen) atoms. The molecule has 0 aliphatic carbocycles. The van der Waals surface area contributed by atoms with Gasteiger partial charge in [0.05, 0.1) is 8.66 Å². The normalized spacial score (nSPS) is 20.3. The highest BCUT2D eigenvalue weighted by Gasteiger charge is 2.22. The molecule has 2 rings (SSSR count). The molecule has 100 valence electrons. The molecule has 1 atom stereocenters. The zero-order valence-corrected chi connectivity index (χ0v) is 13.2. The van der Waals surface area contributed by atoms with Crippen molar-refractivity contribution in [2.24, 2.45) is 5.92 Å². The largest absolute Gasteiger partial charge is 0.351 e. The second kappa shape index (κ2) is 6.17. The lowest BCUT2D eigenvalue weighted by atomic mass is 10.1. The van der Waals surface area contributed by atoms with Crippen LogP contribution in [0.15, 0.2) is 9.85 Å². The third-order valence-corrected chi connectivity index (χ3v) is 5.58. The predicted octanol–water partition coefficient (Wildman–Crippen LogP) is 2.89. The molecule has 2 heterocycles. The van der Waals surface area contributed by atoms with Crippen LogP contribution < -0.4 is 5.32 Å². The minimum atomic E-state index is 0.0590. The van der Waals surface area contributed by atoms with Crippen molar-refractivity contribution in [3.63, 3.8) is 0 Å². The van der Waals surface area contributed by atoms with Crippen molar-refractivity contribution in [1.82, 2.24) is 10.2 Å². The van der Waals surface area contributed by atoms with Crippen molar-refractivity contribution >= 4 is 33.2 Å². The molecule has 5 heteroatoms. The summed E-state index contributed by atoms with van der Waals surface area (Å²) < 4.78 is 1.05. The first-order valence-corrected chi connectivity index (χ1v) is 7.97. The second-order valence-corrected chi connectivity index (χ2v) is 7.20. The Labute approximate surface area is 121 Å². The molecule has 1 aromatic heterocycles. The molecule has 1 aliphatic heterocycles. The van der Waals surface area contributed by atoms with Crippen molar-refractivity contribution in [3.05, 3.63) is 20.3 Å². The number of aryl methyl sites for hydroxylation is 1. The van der Waals surface area contributed by atoms with E-state index in [4.69, 9.17) is 0 Å². The van der Waals surface area contributed by atoms with Gasteiger partial charge in [-0.2, -0.15) is 0 Å². The molecule has 1 aromatic rings. The second-order valence-electron chi connectivity index (χ2n) is 4.83. The van der Waals surface area contributed by atoms with Crippen LogP contribution in [0.1, 0.15) is 28.6 Å². The maximum atomic E-state index is 12.0. The van der Waals surface area contributed by atoms with Gasteiger partial charge in [-0.15, -0.1) is 11.3 Å². The van der Waals surface area contributed by atoms with Gasteiger partial charge < -0.3 is 10.2 Å². The van der Waals surface area contributed by atoms with Crippen molar-refractivity contribution in [2.75, 3.05) is 26.2 Å². The minimum Gasteiger partial charge on any atom is -0.351 e.